The van der Waals surface area contributed by atoms with Crippen LogP contribution in [-0.4, -0.2) is 17.1 Å². The van der Waals surface area contributed by atoms with Crippen LogP contribution in [0.25, 0.3) is 0 Å². The number of rotatable bonds is 2. The van der Waals surface area contributed by atoms with Crippen molar-refractivity contribution < 1.29 is 4.84 Å². The van der Waals surface area contributed by atoms with Crippen molar-refractivity contribution in [2.75, 3.05) is 12.6 Å². The van der Waals surface area contributed by atoms with Crippen LogP contribution in [0.15, 0.2) is 6.20 Å². The Kier molecular flexibility index (Phi) is 2.87. The third-order valence-electron chi connectivity index (χ3n) is 0.913. The third-order valence-corrected chi connectivity index (χ3v) is 1.37. The van der Waals surface area contributed by atoms with E-state index >= 15 is 0 Å². The Bertz CT molecular complexity index is 255. The fraction of sp³-hybridized carbons (Fsp3) is 0.200. The van der Waals surface area contributed by atoms with Crippen molar-refractivity contribution in [1.29, 1.82) is 0 Å². The fourth-order valence-corrected chi connectivity index (χ4v) is 0.777. The van der Waals surface area contributed by atoms with Crippen LogP contribution in [-0.2, 0) is 4.84 Å². The van der Waals surface area contributed by atoms with Crippen LogP contribution in [0.2, 0.25) is 10.3 Å². The highest BCUT2D eigenvalue weighted by Crippen LogP contribution is 2.18. The zero-order chi connectivity index (χ0) is 8.27. The minimum Gasteiger partial charge on any atom is -0.278 e. The first kappa shape index (κ1) is 8.52. The standard InChI is InChI=1S/C5H5Cl2N3O/c1-11-10-4-3(6)2-8-5(7)9-4/h2H,1H3,(H,8,9,10). The molecule has 6 heteroatoms. The van der Waals surface area contributed by atoms with Crippen molar-refractivity contribution in [3.63, 3.8) is 0 Å². The normalized spacial score (nSPS) is 9.73. The molecular weight excluding hydrogens is 189 g/mol. The summed E-state index contributed by atoms with van der Waals surface area (Å²) in [6, 6.07) is 0. The quantitative estimate of drug-likeness (QED) is 0.575. The van der Waals surface area contributed by atoms with E-state index in [1.54, 1.807) is 0 Å². The van der Waals surface area contributed by atoms with Gasteiger partial charge in [-0.3, -0.25) is 4.84 Å². The van der Waals surface area contributed by atoms with Crippen molar-refractivity contribution in [3.05, 3.63) is 16.5 Å². The molecule has 0 atom stereocenters. The molecule has 0 amide bonds. The zero-order valence-corrected chi connectivity index (χ0v) is 7.15. The molecular formula is C5H5Cl2N3O. The van der Waals surface area contributed by atoms with Gasteiger partial charge in [-0.2, -0.15) is 4.98 Å². The van der Waals surface area contributed by atoms with Crippen molar-refractivity contribution in [1.82, 2.24) is 9.97 Å². The number of halogens is 2. The van der Waals surface area contributed by atoms with E-state index in [1.807, 2.05) is 0 Å². The van der Waals surface area contributed by atoms with Crippen LogP contribution in [0.4, 0.5) is 5.82 Å². The lowest BCUT2D eigenvalue weighted by Gasteiger charge is -2.02. The van der Waals surface area contributed by atoms with Gasteiger partial charge in [-0.1, -0.05) is 11.6 Å². The first-order chi connectivity index (χ1) is 5.24. The van der Waals surface area contributed by atoms with Crippen LogP contribution in [0.3, 0.4) is 0 Å². The molecule has 0 aromatic carbocycles. The smallest absolute Gasteiger partial charge is 0.224 e. The summed E-state index contributed by atoms with van der Waals surface area (Å²) in [5.74, 6) is 0.356. The molecule has 1 aromatic heterocycles. The van der Waals surface area contributed by atoms with Gasteiger partial charge in [0.2, 0.25) is 5.28 Å². The van der Waals surface area contributed by atoms with Crippen LogP contribution in [0.5, 0.6) is 0 Å². The van der Waals surface area contributed by atoms with Crippen molar-refractivity contribution >= 4 is 29.0 Å². The summed E-state index contributed by atoms with van der Waals surface area (Å²) in [5, 5.41) is 0.477. The van der Waals surface area contributed by atoms with E-state index in [-0.39, 0.29) is 5.28 Å². The fourth-order valence-electron chi connectivity index (χ4n) is 0.514. The number of nitrogens with zero attached hydrogens (tertiary/aromatic N) is 2. The number of hydrogen-bond donors (Lipinski definition) is 1. The van der Waals surface area contributed by atoms with Crippen LogP contribution in [0.1, 0.15) is 0 Å². The molecule has 1 heterocycles. The molecule has 11 heavy (non-hydrogen) atoms. The molecule has 0 radical (unpaired) electrons. The SMILES string of the molecule is CONc1nc(Cl)ncc1Cl. The number of aromatic nitrogens is 2. The number of hydrogen-bond acceptors (Lipinski definition) is 4. The summed E-state index contributed by atoms with van der Waals surface area (Å²) in [6.45, 7) is 0. The van der Waals surface area contributed by atoms with Gasteiger partial charge in [0.15, 0.2) is 5.82 Å². The molecule has 1 rings (SSSR count). The Morgan fingerprint density at radius 1 is 1.55 bits per heavy atom. The van der Waals surface area contributed by atoms with Gasteiger partial charge in [-0.15, -0.1) is 0 Å². The Morgan fingerprint density at radius 3 is 2.91 bits per heavy atom. The second kappa shape index (κ2) is 3.71. The summed E-state index contributed by atoms with van der Waals surface area (Å²) in [6.07, 6.45) is 1.39. The van der Waals surface area contributed by atoms with E-state index in [2.05, 4.69) is 20.3 Å². The van der Waals surface area contributed by atoms with Gasteiger partial charge in [0.25, 0.3) is 0 Å². The molecule has 0 unspecified atom stereocenters. The molecule has 0 fully saturated rings. The lowest BCUT2D eigenvalue weighted by atomic mass is 10.6. The molecule has 0 aliphatic carbocycles. The summed E-state index contributed by atoms with van der Waals surface area (Å²) in [7, 11) is 1.45. The van der Waals surface area contributed by atoms with E-state index < -0.39 is 0 Å². The average molecular weight is 194 g/mol. The Labute approximate surface area is 73.5 Å². The van der Waals surface area contributed by atoms with E-state index in [0.29, 0.717) is 10.8 Å². The summed E-state index contributed by atoms with van der Waals surface area (Å²) in [5.41, 5.74) is 2.45. The summed E-state index contributed by atoms with van der Waals surface area (Å²) < 4.78 is 0. The molecule has 1 N–H and O–H groups in total. The number of anilines is 1. The number of nitrogens with one attached hydrogen (secondary N) is 1. The molecule has 60 valence electrons. The predicted octanol–water partition coefficient (Wildman–Crippen LogP) is 1.76. The van der Waals surface area contributed by atoms with E-state index in [1.165, 1.54) is 13.3 Å². The van der Waals surface area contributed by atoms with Gasteiger partial charge >= 0.3 is 0 Å². The monoisotopic (exact) mass is 193 g/mol. The molecule has 1 aromatic rings. The second-order valence-electron chi connectivity index (χ2n) is 1.64. The lowest BCUT2D eigenvalue weighted by Crippen LogP contribution is -1.99. The second-order valence-corrected chi connectivity index (χ2v) is 2.39. The maximum absolute atomic E-state index is 5.65. The molecule has 0 saturated carbocycles. The highest BCUT2D eigenvalue weighted by atomic mass is 35.5. The first-order valence-electron chi connectivity index (χ1n) is 2.71. The first-order valence-corrected chi connectivity index (χ1v) is 3.46. The van der Waals surface area contributed by atoms with Gasteiger partial charge < -0.3 is 0 Å². The molecule has 0 saturated heterocycles. The van der Waals surface area contributed by atoms with E-state index in [0.717, 1.165) is 0 Å². The average Bonchev–Trinajstić information content (AvgIpc) is 1.98. The van der Waals surface area contributed by atoms with Crippen LogP contribution >= 0.6 is 23.2 Å². The molecule has 0 aliphatic rings. The highest BCUT2D eigenvalue weighted by molar-refractivity contribution is 6.33. The minimum absolute atomic E-state index is 0.119. The molecule has 4 nitrogen and oxygen atoms in total. The molecule has 0 aliphatic heterocycles. The maximum Gasteiger partial charge on any atom is 0.224 e. The maximum atomic E-state index is 5.65. The van der Waals surface area contributed by atoms with Crippen molar-refractivity contribution in [3.8, 4) is 0 Å². The van der Waals surface area contributed by atoms with Gasteiger partial charge in [-0.25, -0.2) is 10.5 Å². The van der Waals surface area contributed by atoms with Gasteiger partial charge in [0, 0.05) is 0 Å². The largest absolute Gasteiger partial charge is 0.278 e. The summed E-state index contributed by atoms with van der Waals surface area (Å²) in [4.78, 5) is 12.0. The lowest BCUT2D eigenvalue weighted by molar-refractivity contribution is 0.269. The van der Waals surface area contributed by atoms with E-state index in [4.69, 9.17) is 23.2 Å². The Hall–Kier alpha value is -0.580. The van der Waals surface area contributed by atoms with Crippen molar-refractivity contribution in [2.24, 2.45) is 0 Å². The molecule has 0 spiro atoms. The Morgan fingerprint density at radius 2 is 2.27 bits per heavy atom. The Balaban J connectivity index is 2.93. The van der Waals surface area contributed by atoms with Gasteiger partial charge in [0.05, 0.1) is 13.3 Å². The van der Waals surface area contributed by atoms with E-state index in [9.17, 15) is 0 Å². The third kappa shape index (κ3) is 2.18. The zero-order valence-electron chi connectivity index (χ0n) is 5.64. The van der Waals surface area contributed by atoms with Crippen molar-refractivity contribution in [2.45, 2.75) is 0 Å². The molecule has 0 bridgehead atoms. The predicted molar refractivity (Wildman–Crippen MR) is 42.7 cm³/mol. The van der Waals surface area contributed by atoms with Crippen LogP contribution in [0, 0.1) is 0 Å². The van der Waals surface area contributed by atoms with Crippen LogP contribution < -0.4 is 5.48 Å². The minimum atomic E-state index is 0.119. The van der Waals surface area contributed by atoms with Gasteiger partial charge in [0.1, 0.15) is 5.02 Å². The van der Waals surface area contributed by atoms with Gasteiger partial charge in [-0.05, 0) is 11.6 Å². The topological polar surface area (TPSA) is 47.0 Å². The summed E-state index contributed by atoms with van der Waals surface area (Å²) >= 11 is 11.1. The highest BCUT2D eigenvalue weighted by Gasteiger charge is 2.01.